The third-order valence-corrected chi connectivity index (χ3v) is 4.42. The summed E-state index contributed by atoms with van der Waals surface area (Å²) in [4.78, 5) is 15.5. The first-order valence-corrected chi connectivity index (χ1v) is 9.00. The Morgan fingerprint density at radius 1 is 0.800 bits per heavy atom. The van der Waals surface area contributed by atoms with Crippen molar-refractivity contribution in [2.24, 2.45) is 0 Å². The Labute approximate surface area is 162 Å². The van der Waals surface area contributed by atoms with E-state index in [0.29, 0.717) is 10.7 Å². The van der Waals surface area contributed by atoms with Gasteiger partial charge in [-0.05, 0) is 47.5 Å². The molecule has 4 aromatic rings. The number of nitrogens with one attached hydrogen (secondary N) is 1. The minimum Gasteiger partial charge on any atom is -0.323 e. The van der Waals surface area contributed by atoms with Crippen LogP contribution in [-0.4, -0.2) is 19.9 Å². The van der Waals surface area contributed by atoms with Crippen molar-refractivity contribution in [1.29, 1.82) is 0 Å². The van der Waals surface area contributed by atoms with Gasteiger partial charge in [0.1, 0.15) is 0 Å². The van der Waals surface area contributed by atoms with Gasteiger partial charge >= 0.3 is 0 Å². The van der Waals surface area contributed by atoms with Crippen LogP contribution < -0.4 is 5.32 Å². The van der Waals surface area contributed by atoms with Gasteiger partial charge in [0.15, 0.2) is 0 Å². The van der Waals surface area contributed by atoms with Crippen molar-refractivity contribution < 1.29 is 0 Å². The van der Waals surface area contributed by atoms with Crippen molar-refractivity contribution in [3.05, 3.63) is 69.6 Å². The number of aromatic nitrogens is 4. The van der Waals surface area contributed by atoms with E-state index in [1.54, 1.807) is 23.5 Å². The molecule has 5 nitrogen and oxygen atoms in total. The lowest BCUT2D eigenvalue weighted by Crippen LogP contribution is -1.99. The maximum atomic E-state index is 5.95. The molecule has 0 saturated heterocycles. The molecule has 2 aromatic carbocycles. The Balaban J connectivity index is 0.000000170. The van der Waals surface area contributed by atoms with Crippen LogP contribution in [0.3, 0.4) is 0 Å². The molecule has 0 aliphatic rings. The Hall–Kier alpha value is -1.99. The molecule has 4 rings (SSSR count). The highest BCUT2D eigenvalue weighted by Gasteiger charge is 2.05. The van der Waals surface area contributed by atoms with Crippen LogP contribution in [0.1, 0.15) is 0 Å². The highest BCUT2D eigenvalue weighted by atomic mass is 35.5. The fourth-order valence-electron chi connectivity index (χ4n) is 1.87. The molecule has 0 unspecified atom stereocenters. The zero-order chi connectivity index (χ0) is 17.6. The van der Waals surface area contributed by atoms with E-state index in [-0.39, 0.29) is 16.5 Å². The number of para-hydroxylation sites is 2. The Bertz CT molecular complexity index is 942. The number of nitrogens with zero attached hydrogens (tertiary/aromatic N) is 4. The minimum absolute atomic E-state index is 0.0227. The number of rotatable bonds is 2. The summed E-state index contributed by atoms with van der Waals surface area (Å²) in [6.45, 7) is 0. The Morgan fingerprint density at radius 2 is 1.48 bits per heavy atom. The molecule has 0 radical (unpaired) electrons. The lowest BCUT2D eigenvalue weighted by molar-refractivity contribution is 1.05. The van der Waals surface area contributed by atoms with Crippen molar-refractivity contribution >= 4 is 68.0 Å². The second-order valence-corrected chi connectivity index (χ2v) is 6.59. The third kappa shape index (κ3) is 4.99. The molecule has 0 amide bonds. The first kappa shape index (κ1) is 17.8. The van der Waals surface area contributed by atoms with E-state index in [4.69, 9.17) is 34.8 Å². The molecule has 0 aliphatic heterocycles. The smallest absolute Gasteiger partial charge is 0.232 e. The van der Waals surface area contributed by atoms with Gasteiger partial charge in [0, 0.05) is 0 Å². The lowest BCUT2D eigenvalue weighted by atomic mass is 10.3. The first-order valence-electron chi connectivity index (χ1n) is 6.98. The van der Waals surface area contributed by atoms with Gasteiger partial charge in [-0.3, -0.25) is 0 Å². The van der Waals surface area contributed by atoms with Gasteiger partial charge in [0.2, 0.25) is 16.5 Å². The number of thiazole rings is 1. The van der Waals surface area contributed by atoms with Gasteiger partial charge in [0.25, 0.3) is 0 Å². The van der Waals surface area contributed by atoms with Gasteiger partial charge in [-0.1, -0.05) is 35.9 Å². The molecule has 25 heavy (non-hydrogen) atoms. The van der Waals surface area contributed by atoms with Crippen molar-refractivity contribution in [2.45, 2.75) is 0 Å². The molecular formula is C16H10Cl3N5S. The van der Waals surface area contributed by atoms with Crippen molar-refractivity contribution in [1.82, 2.24) is 19.9 Å². The molecule has 1 N–H and O–H groups in total. The third-order valence-electron chi connectivity index (χ3n) is 2.94. The van der Waals surface area contributed by atoms with Crippen LogP contribution in [0.15, 0.2) is 54.0 Å². The molecule has 0 saturated carbocycles. The highest BCUT2D eigenvalue weighted by Crippen LogP contribution is 2.23. The molecular weight excluding hydrogens is 401 g/mol. The monoisotopic (exact) mass is 409 g/mol. The van der Waals surface area contributed by atoms with E-state index in [0.717, 1.165) is 5.52 Å². The summed E-state index contributed by atoms with van der Waals surface area (Å²) in [7, 11) is 0. The fourth-order valence-corrected chi connectivity index (χ4v) is 3.09. The van der Waals surface area contributed by atoms with E-state index in [2.05, 4.69) is 31.3 Å². The SMILES string of the molecule is Clc1nc(Cl)nc(Nc2ccccc2Cl)n1.c1ccc2scnc2c1. The van der Waals surface area contributed by atoms with Crippen LogP contribution in [0.5, 0.6) is 0 Å². The summed E-state index contributed by atoms with van der Waals surface area (Å²) in [6.07, 6.45) is 0. The average Bonchev–Trinajstić information content (AvgIpc) is 3.05. The number of halogens is 3. The topological polar surface area (TPSA) is 63.6 Å². The average molecular weight is 411 g/mol. The number of hydrogen-bond acceptors (Lipinski definition) is 6. The Morgan fingerprint density at radius 3 is 2.20 bits per heavy atom. The maximum Gasteiger partial charge on any atom is 0.232 e. The van der Waals surface area contributed by atoms with Gasteiger partial charge in [0.05, 0.1) is 26.4 Å². The number of hydrogen-bond donors (Lipinski definition) is 1. The van der Waals surface area contributed by atoms with Gasteiger partial charge in [-0.25, -0.2) is 4.98 Å². The van der Waals surface area contributed by atoms with Gasteiger partial charge in [-0.2, -0.15) is 15.0 Å². The quantitative estimate of drug-likeness (QED) is 0.447. The normalized spacial score (nSPS) is 10.2. The predicted molar refractivity (Wildman–Crippen MR) is 104 cm³/mol. The molecule has 0 bridgehead atoms. The second kappa shape index (κ2) is 8.40. The summed E-state index contributed by atoms with van der Waals surface area (Å²) in [5.41, 5.74) is 3.63. The first-order chi connectivity index (χ1) is 12.1. The van der Waals surface area contributed by atoms with Crippen LogP contribution in [0.2, 0.25) is 15.6 Å². The lowest BCUT2D eigenvalue weighted by Gasteiger charge is -2.06. The molecule has 2 heterocycles. The number of anilines is 2. The zero-order valence-electron chi connectivity index (χ0n) is 12.5. The van der Waals surface area contributed by atoms with Gasteiger partial charge < -0.3 is 5.32 Å². The fraction of sp³-hybridized carbons (Fsp3) is 0. The maximum absolute atomic E-state index is 5.95. The molecule has 2 aromatic heterocycles. The van der Waals surface area contributed by atoms with Crippen molar-refractivity contribution in [3.63, 3.8) is 0 Å². The number of fused-ring (bicyclic) bond motifs is 1. The summed E-state index contributed by atoms with van der Waals surface area (Å²) in [6, 6.07) is 15.3. The van der Waals surface area contributed by atoms with Crippen LogP contribution in [0.4, 0.5) is 11.6 Å². The largest absolute Gasteiger partial charge is 0.323 e. The van der Waals surface area contributed by atoms with Crippen molar-refractivity contribution in [3.8, 4) is 0 Å². The van der Waals surface area contributed by atoms with Crippen molar-refractivity contribution in [2.75, 3.05) is 5.32 Å². The van der Waals surface area contributed by atoms with Crippen LogP contribution in [0.25, 0.3) is 10.2 Å². The van der Waals surface area contributed by atoms with Crippen LogP contribution in [0, 0.1) is 0 Å². The standard InChI is InChI=1S/C9H5Cl3N4.C7H5NS/c10-5-3-1-2-4-6(5)13-9-15-7(11)14-8(12)16-9;1-2-4-7-6(3-1)8-5-9-7/h1-4H,(H,13,14,15,16);1-5H. The van der Waals surface area contributed by atoms with E-state index in [1.165, 1.54) is 4.70 Å². The van der Waals surface area contributed by atoms with E-state index in [1.807, 2.05) is 35.8 Å². The van der Waals surface area contributed by atoms with E-state index in [9.17, 15) is 0 Å². The van der Waals surface area contributed by atoms with Gasteiger partial charge in [-0.15, -0.1) is 11.3 Å². The molecule has 126 valence electrons. The summed E-state index contributed by atoms with van der Waals surface area (Å²) < 4.78 is 1.26. The summed E-state index contributed by atoms with van der Waals surface area (Å²) in [5, 5.41) is 3.49. The van der Waals surface area contributed by atoms with Crippen LogP contribution >= 0.6 is 46.1 Å². The zero-order valence-corrected chi connectivity index (χ0v) is 15.6. The minimum atomic E-state index is 0.0227. The molecule has 0 aliphatic carbocycles. The predicted octanol–water partition coefficient (Wildman–Crippen LogP) is 5.87. The van der Waals surface area contributed by atoms with Crippen LogP contribution in [-0.2, 0) is 0 Å². The molecule has 0 fully saturated rings. The molecule has 0 atom stereocenters. The second-order valence-electron chi connectivity index (χ2n) is 4.62. The van der Waals surface area contributed by atoms with E-state index < -0.39 is 0 Å². The summed E-state index contributed by atoms with van der Waals surface area (Å²) in [5.74, 6) is 0.248. The van der Waals surface area contributed by atoms with E-state index >= 15 is 0 Å². The summed E-state index contributed by atoms with van der Waals surface area (Å²) >= 11 is 18.9. The molecule has 0 spiro atoms. The molecule has 9 heteroatoms. The Kier molecular flexibility index (Phi) is 5.99. The highest BCUT2D eigenvalue weighted by molar-refractivity contribution is 7.16. The number of benzene rings is 2.